The Morgan fingerprint density at radius 1 is 1.36 bits per heavy atom. The first-order valence-corrected chi connectivity index (χ1v) is 7.76. The van der Waals surface area contributed by atoms with Crippen molar-refractivity contribution in [2.24, 2.45) is 0 Å². The van der Waals surface area contributed by atoms with Crippen LogP contribution in [0.5, 0.6) is 0 Å². The fraction of sp³-hybridized carbons (Fsp3) is 0.600. The Bertz CT molecular complexity index is 577. The molecule has 0 radical (unpaired) electrons. The first-order chi connectivity index (χ1) is 10.7. The minimum Gasteiger partial charge on any atom is -0.372 e. The summed E-state index contributed by atoms with van der Waals surface area (Å²) in [4.78, 5) is 36.4. The molecule has 0 spiro atoms. The van der Waals surface area contributed by atoms with Crippen LogP contribution in [0.25, 0.3) is 0 Å². The van der Waals surface area contributed by atoms with Crippen molar-refractivity contribution in [3.63, 3.8) is 0 Å². The third kappa shape index (κ3) is 2.88. The van der Waals surface area contributed by atoms with Gasteiger partial charge >= 0.3 is 0 Å². The lowest BCUT2D eigenvalue weighted by molar-refractivity contribution is -0.139. The van der Waals surface area contributed by atoms with Crippen LogP contribution in [0, 0.1) is 0 Å². The van der Waals surface area contributed by atoms with Crippen LogP contribution < -0.4 is 5.32 Å². The van der Waals surface area contributed by atoms with Crippen LogP contribution in [0.4, 0.5) is 5.82 Å². The Morgan fingerprint density at radius 2 is 2.23 bits per heavy atom. The lowest BCUT2D eigenvalue weighted by atomic mass is 10.1. The largest absolute Gasteiger partial charge is 0.372 e. The van der Waals surface area contributed by atoms with Crippen molar-refractivity contribution in [3.05, 3.63) is 18.1 Å². The number of hydrogen-bond acceptors (Lipinski definition) is 5. The molecule has 2 fully saturated rings. The zero-order chi connectivity index (χ0) is 15.5. The molecule has 118 valence electrons. The van der Waals surface area contributed by atoms with Crippen LogP contribution in [0.3, 0.4) is 0 Å². The van der Waals surface area contributed by atoms with E-state index in [1.165, 1.54) is 0 Å². The molecule has 7 heteroatoms. The summed E-state index contributed by atoms with van der Waals surface area (Å²) in [5, 5.41) is 2.97. The maximum atomic E-state index is 12.6. The fourth-order valence-corrected chi connectivity index (χ4v) is 3.16. The Morgan fingerprint density at radius 3 is 2.95 bits per heavy atom. The molecule has 2 amide bonds. The highest BCUT2D eigenvalue weighted by atomic mass is 16.2. The monoisotopic (exact) mass is 303 g/mol. The van der Waals surface area contributed by atoms with Crippen LogP contribution in [0.1, 0.15) is 37.4 Å². The van der Waals surface area contributed by atoms with E-state index in [1.54, 1.807) is 24.3 Å². The minimum absolute atomic E-state index is 0.00871. The van der Waals surface area contributed by atoms with Crippen molar-refractivity contribution in [2.75, 3.05) is 32.0 Å². The van der Waals surface area contributed by atoms with Crippen molar-refractivity contribution >= 4 is 17.6 Å². The summed E-state index contributed by atoms with van der Waals surface area (Å²) in [6.45, 7) is 1.60. The number of nitrogens with one attached hydrogen (secondary N) is 1. The van der Waals surface area contributed by atoms with E-state index in [1.807, 2.05) is 4.90 Å². The van der Waals surface area contributed by atoms with E-state index in [0.717, 1.165) is 31.5 Å². The zero-order valence-corrected chi connectivity index (χ0v) is 12.8. The van der Waals surface area contributed by atoms with Crippen LogP contribution in [0.2, 0.25) is 0 Å². The molecule has 0 saturated carbocycles. The molecule has 22 heavy (non-hydrogen) atoms. The summed E-state index contributed by atoms with van der Waals surface area (Å²) in [7, 11) is 1.80. The lowest BCUT2D eigenvalue weighted by Gasteiger charge is -2.26. The molecule has 1 N–H and O–H groups in total. The topological polar surface area (TPSA) is 78.4 Å². The summed E-state index contributed by atoms with van der Waals surface area (Å²) in [5.41, 5.74) is 0.811. The number of amides is 2. The molecule has 3 heterocycles. The molecule has 2 aliphatic rings. The normalized spacial score (nSPS) is 21.5. The average molecular weight is 303 g/mol. The molecule has 0 bridgehead atoms. The van der Waals surface area contributed by atoms with E-state index in [-0.39, 0.29) is 24.4 Å². The number of aromatic nitrogens is 2. The lowest BCUT2D eigenvalue weighted by Crippen LogP contribution is -2.40. The number of carbonyl (C=O) groups excluding carboxylic acids is 2. The van der Waals surface area contributed by atoms with Crippen molar-refractivity contribution in [1.82, 2.24) is 19.8 Å². The molecule has 1 aromatic heterocycles. The smallest absolute Gasteiger partial charge is 0.242 e. The number of carbonyl (C=O) groups is 2. The van der Waals surface area contributed by atoms with E-state index >= 15 is 0 Å². The minimum atomic E-state index is -0.0361. The van der Waals surface area contributed by atoms with E-state index in [0.29, 0.717) is 18.8 Å². The molecule has 0 aliphatic carbocycles. The number of rotatable bonds is 4. The van der Waals surface area contributed by atoms with Crippen molar-refractivity contribution in [2.45, 2.75) is 31.7 Å². The van der Waals surface area contributed by atoms with Gasteiger partial charge in [-0.3, -0.25) is 14.6 Å². The number of anilines is 1. The van der Waals surface area contributed by atoms with Gasteiger partial charge in [-0.2, -0.15) is 0 Å². The second kappa shape index (κ2) is 6.29. The van der Waals surface area contributed by atoms with E-state index < -0.39 is 0 Å². The highest BCUT2D eigenvalue weighted by Gasteiger charge is 2.33. The third-order valence-corrected chi connectivity index (χ3v) is 4.32. The molecular weight excluding hydrogens is 282 g/mol. The van der Waals surface area contributed by atoms with Gasteiger partial charge in [-0.25, -0.2) is 4.98 Å². The first kappa shape index (κ1) is 14.7. The van der Waals surface area contributed by atoms with Gasteiger partial charge in [0, 0.05) is 26.6 Å². The molecule has 7 nitrogen and oxygen atoms in total. The molecule has 1 aromatic rings. The number of nitrogens with zero attached hydrogens (tertiary/aromatic N) is 4. The van der Waals surface area contributed by atoms with Gasteiger partial charge in [0.25, 0.3) is 0 Å². The van der Waals surface area contributed by atoms with Gasteiger partial charge in [-0.1, -0.05) is 0 Å². The summed E-state index contributed by atoms with van der Waals surface area (Å²) in [6.07, 6.45) is 6.64. The average Bonchev–Trinajstić information content (AvgIpc) is 3.17. The molecule has 0 aromatic carbocycles. The van der Waals surface area contributed by atoms with Gasteiger partial charge in [0.05, 0.1) is 30.7 Å². The van der Waals surface area contributed by atoms with Gasteiger partial charge in [0.15, 0.2) is 0 Å². The standard InChI is InChI=1S/C15H21N5O2/c1-16-13-9-17-8-11(18-13)12-4-2-7-20(12)15(22)10-19-6-3-5-14(19)21/h8-9,12H,2-7,10H2,1H3,(H,16,18)/t12-/m1/s1. The summed E-state index contributed by atoms with van der Waals surface area (Å²) in [5.74, 6) is 0.794. The second-order valence-corrected chi connectivity index (χ2v) is 5.74. The molecule has 0 unspecified atom stereocenters. The fourth-order valence-electron chi connectivity index (χ4n) is 3.16. The van der Waals surface area contributed by atoms with E-state index in [4.69, 9.17) is 0 Å². The van der Waals surface area contributed by atoms with Crippen LogP contribution in [-0.2, 0) is 9.59 Å². The summed E-state index contributed by atoms with van der Waals surface area (Å²) < 4.78 is 0. The maximum Gasteiger partial charge on any atom is 0.242 e. The third-order valence-electron chi connectivity index (χ3n) is 4.32. The van der Waals surface area contributed by atoms with Gasteiger partial charge in [0.1, 0.15) is 5.82 Å². The maximum absolute atomic E-state index is 12.6. The van der Waals surface area contributed by atoms with Gasteiger partial charge in [0.2, 0.25) is 11.8 Å². The predicted octanol–water partition coefficient (Wildman–Crippen LogP) is 0.804. The second-order valence-electron chi connectivity index (χ2n) is 5.74. The molecule has 2 saturated heterocycles. The molecule has 1 atom stereocenters. The molecule has 3 rings (SSSR count). The summed E-state index contributed by atoms with van der Waals surface area (Å²) in [6, 6.07) is -0.0361. The Hall–Kier alpha value is -2.18. The Kier molecular flexibility index (Phi) is 4.22. The van der Waals surface area contributed by atoms with E-state index in [9.17, 15) is 9.59 Å². The number of likely N-dealkylation sites (tertiary alicyclic amines) is 2. The number of hydrogen-bond donors (Lipinski definition) is 1. The van der Waals surface area contributed by atoms with Gasteiger partial charge in [-0.15, -0.1) is 0 Å². The zero-order valence-electron chi connectivity index (χ0n) is 12.8. The quantitative estimate of drug-likeness (QED) is 0.890. The summed E-state index contributed by atoms with van der Waals surface area (Å²) >= 11 is 0. The first-order valence-electron chi connectivity index (χ1n) is 7.76. The highest BCUT2D eigenvalue weighted by molar-refractivity contribution is 5.86. The SMILES string of the molecule is CNc1cncc([C@H]2CCCN2C(=O)CN2CCCC2=O)n1. The van der Waals surface area contributed by atoms with E-state index in [2.05, 4.69) is 15.3 Å². The van der Waals surface area contributed by atoms with Crippen molar-refractivity contribution in [1.29, 1.82) is 0 Å². The Labute approximate surface area is 129 Å². The predicted molar refractivity (Wildman–Crippen MR) is 81.1 cm³/mol. The van der Waals surface area contributed by atoms with Crippen LogP contribution >= 0.6 is 0 Å². The highest BCUT2D eigenvalue weighted by Crippen LogP contribution is 2.31. The van der Waals surface area contributed by atoms with Crippen molar-refractivity contribution in [3.8, 4) is 0 Å². The molecular formula is C15H21N5O2. The van der Waals surface area contributed by atoms with Gasteiger partial charge in [-0.05, 0) is 19.3 Å². The van der Waals surface area contributed by atoms with Crippen LogP contribution in [-0.4, -0.2) is 58.3 Å². The molecule has 2 aliphatic heterocycles. The van der Waals surface area contributed by atoms with Crippen LogP contribution in [0.15, 0.2) is 12.4 Å². The van der Waals surface area contributed by atoms with Crippen molar-refractivity contribution < 1.29 is 9.59 Å². The Balaban J connectivity index is 1.72. The van der Waals surface area contributed by atoms with Gasteiger partial charge < -0.3 is 15.1 Å².